The summed E-state index contributed by atoms with van der Waals surface area (Å²) in [5.41, 5.74) is 3.20. The minimum absolute atomic E-state index is 0.290. The number of rotatable bonds is 6. The quantitative estimate of drug-likeness (QED) is 0.626. The zero-order chi connectivity index (χ0) is 20.1. The van der Waals surface area contributed by atoms with Gasteiger partial charge in [-0.25, -0.2) is 9.78 Å². The lowest BCUT2D eigenvalue weighted by atomic mass is 10.1. The van der Waals surface area contributed by atoms with Crippen LogP contribution in [0.3, 0.4) is 0 Å². The fourth-order valence-corrected chi connectivity index (χ4v) is 3.13. The van der Waals surface area contributed by atoms with Gasteiger partial charge in [0.2, 0.25) is 0 Å². The Morgan fingerprint density at radius 3 is 2.57 bits per heavy atom. The molecule has 0 saturated carbocycles. The number of aromatic nitrogens is 1. The zero-order valence-electron chi connectivity index (χ0n) is 15.8. The number of nitrogens with one attached hydrogen (secondary N) is 1. The molecule has 28 heavy (non-hydrogen) atoms. The minimum Gasteiger partial charge on any atom is -0.486 e. The van der Waals surface area contributed by atoms with Crippen molar-refractivity contribution >= 4 is 28.9 Å². The van der Waals surface area contributed by atoms with Crippen molar-refractivity contribution in [3.8, 4) is 5.75 Å². The molecule has 0 aliphatic carbocycles. The molecule has 1 heterocycles. The molecule has 0 aliphatic rings. The van der Waals surface area contributed by atoms with Crippen LogP contribution in [0, 0.1) is 13.8 Å². The van der Waals surface area contributed by atoms with E-state index in [1.165, 1.54) is 18.4 Å². The first-order valence-electron chi connectivity index (χ1n) is 8.60. The van der Waals surface area contributed by atoms with E-state index in [4.69, 9.17) is 9.47 Å². The van der Waals surface area contributed by atoms with E-state index in [0.29, 0.717) is 22.0 Å². The summed E-state index contributed by atoms with van der Waals surface area (Å²) in [6.07, 6.45) is 0. The number of aryl methyl sites for hydroxylation is 2. The summed E-state index contributed by atoms with van der Waals surface area (Å²) in [5.74, 6) is -0.0512. The van der Waals surface area contributed by atoms with Gasteiger partial charge in [0.15, 0.2) is 0 Å². The molecule has 1 amide bonds. The van der Waals surface area contributed by atoms with E-state index >= 15 is 0 Å². The smallest absolute Gasteiger partial charge is 0.337 e. The summed E-state index contributed by atoms with van der Waals surface area (Å²) in [6, 6.07) is 12.7. The molecule has 0 fully saturated rings. The number of methoxy groups -OCH3 is 1. The molecular weight excluding hydrogens is 376 g/mol. The molecule has 0 spiro atoms. The van der Waals surface area contributed by atoms with Gasteiger partial charge in [0, 0.05) is 11.1 Å². The summed E-state index contributed by atoms with van der Waals surface area (Å²) in [7, 11) is 1.32. The van der Waals surface area contributed by atoms with Gasteiger partial charge in [-0.15, -0.1) is 11.3 Å². The van der Waals surface area contributed by atoms with Crippen molar-refractivity contribution in [2.45, 2.75) is 20.5 Å². The Hall–Kier alpha value is -3.19. The van der Waals surface area contributed by atoms with Gasteiger partial charge in [0.1, 0.15) is 23.1 Å². The standard InChI is InChI=1S/C21H20N2O4S/c1-13-4-8-16(9-5-13)27-11-19-22-18(12-28-19)20(24)23-17-10-15(21(25)26-3)7-6-14(17)2/h4-10,12H,11H2,1-3H3,(H,23,24). The fourth-order valence-electron chi connectivity index (χ4n) is 2.45. The third kappa shape index (κ3) is 4.75. The zero-order valence-corrected chi connectivity index (χ0v) is 16.6. The van der Waals surface area contributed by atoms with Crippen molar-refractivity contribution in [3.05, 3.63) is 75.2 Å². The summed E-state index contributed by atoms with van der Waals surface area (Å²) in [4.78, 5) is 28.5. The van der Waals surface area contributed by atoms with Crippen LogP contribution in [0.1, 0.15) is 37.0 Å². The van der Waals surface area contributed by atoms with Gasteiger partial charge < -0.3 is 14.8 Å². The largest absolute Gasteiger partial charge is 0.486 e. The van der Waals surface area contributed by atoms with Gasteiger partial charge in [0.25, 0.3) is 5.91 Å². The lowest BCUT2D eigenvalue weighted by Gasteiger charge is -2.09. The second kappa shape index (κ2) is 8.67. The van der Waals surface area contributed by atoms with E-state index < -0.39 is 5.97 Å². The second-order valence-electron chi connectivity index (χ2n) is 6.20. The molecule has 0 saturated heterocycles. The highest BCUT2D eigenvalue weighted by atomic mass is 32.1. The van der Waals surface area contributed by atoms with Crippen molar-refractivity contribution in [2.75, 3.05) is 12.4 Å². The maximum atomic E-state index is 12.5. The molecule has 0 bridgehead atoms. The third-order valence-electron chi connectivity index (χ3n) is 4.07. The van der Waals surface area contributed by atoms with E-state index in [-0.39, 0.29) is 12.5 Å². The monoisotopic (exact) mass is 396 g/mol. The fraction of sp³-hybridized carbons (Fsp3) is 0.190. The number of hydrogen-bond donors (Lipinski definition) is 1. The summed E-state index contributed by atoms with van der Waals surface area (Å²) < 4.78 is 10.4. The van der Waals surface area contributed by atoms with Gasteiger partial charge in [-0.3, -0.25) is 4.79 Å². The highest BCUT2D eigenvalue weighted by Gasteiger charge is 2.14. The molecule has 6 nitrogen and oxygen atoms in total. The predicted molar refractivity (Wildman–Crippen MR) is 108 cm³/mol. The molecule has 7 heteroatoms. The molecule has 2 aromatic carbocycles. The number of hydrogen-bond acceptors (Lipinski definition) is 6. The SMILES string of the molecule is COC(=O)c1ccc(C)c(NC(=O)c2csc(COc3ccc(C)cc3)n2)c1. The van der Waals surface area contributed by atoms with Crippen molar-refractivity contribution in [2.24, 2.45) is 0 Å². The van der Waals surface area contributed by atoms with Gasteiger partial charge in [-0.05, 0) is 43.7 Å². The van der Waals surface area contributed by atoms with Crippen LogP contribution in [-0.2, 0) is 11.3 Å². The molecule has 1 aromatic heterocycles. The molecule has 0 atom stereocenters. The Balaban J connectivity index is 1.65. The second-order valence-corrected chi connectivity index (χ2v) is 7.15. The van der Waals surface area contributed by atoms with E-state index in [1.54, 1.807) is 23.6 Å². The number of esters is 1. The Morgan fingerprint density at radius 2 is 1.86 bits per heavy atom. The number of ether oxygens (including phenoxy) is 2. The molecule has 0 aliphatic heterocycles. The number of carbonyl (C=O) groups is 2. The summed E-state index contributed by atoms with van der Waals surface area (Å²) >= 11 is 1.36. The molecular formula is C21H20N2O4S. The van der Waals surface area contributed by atoms with E-state index in [1.807, 2.05) is 38.1 Å². The van der Waals surface area contributed by atoms with Crippen molar-refractivity contribution in [3.63, 3.8) is 0 Å². The first kappa shape index (κ1) is 19.6. The molecule has 144 valence electrons. The average Bonchev–Trinajstić information content (AvgIpc) is 3.18. The Kier molecular flexibility index (Phi) is 6.06. The molecule has 1 N–H and O–H groups in total. The van der Waals surface area contributed by atoms with Gasteiger partial charge in [-0.1, -0.05) is 23.8 Å². The minimum atomic E-state index is -0.459. The maximum absolute atomic E-state index is 12.5. The van der Waals surface area contributed by atoms with Crippen molar-refractivity contribution < 1.29 is 19.1 Å². The van der Waals surface area contributed by atoms with Crippen LogP contribution in [0.2, 0.25) is 0 Å². The lowest BCUT2D eigenvalue weighted by molar-refractivity contribution is 0.0600. The highest BCUT2D eigenvalue weighted by molar-refractivity contribution is 7.09. The number of amides is 1. The first-order chi connectivity index (χ1) is 13.5. The Labute approximate surface area is 167 Å². The van der Waals surface area contributed by atoms with Gasteiger partial charge >= 0.3 is 5.97 Å². The van der Waals surface area contributed by atoms with Crippen LogP contribution in [0.5, 0.6) is 5.75 Å². The van der Waals surface area contributed by atoms with Gasteiger partial charge in [0.05, 0.1) is 12.7 Å². The molecule has 3 rings (SSSR count). The van der Waals surface area contributed by atoms with Crippen LogP contribution in [0.25, 0.3) is 0 Å². The van der Waals surface area contributed by atoms with Crippen LogP contribution in [-0.4, -0.2) is 24.0 Å². The topological polar surface area (TPSA) is 77.5 Å². The normalized spacial score (nSPS) is 10.4. The predicted octanol–water partition coefficient (Wildman–Crippen LogP) is 4.38. The third-order valence-corrected chi connectivity index (χ3v) is 4.90. The number of anilines is 1. The van der Waals surface area contributed by atoms with E-state index in [0.717, 1.165) is 16.9 Å². The maximum Gasteiger partial charge on any atom is 0.337 e. The van der Waals surface area contributed by atoms with Crippen molar-refractivity contribution in [1.82, 2.24) is 4.98 Å². The first-order valence-corrected chi connectivity index (χ1v) is 9.48. The van der Waals surface area contributed by atoms with Crippen LogP contribution in [0.15, 0.2) is 47.8 Å². The lowest BCUT2D eigenvalue weighted by Crippen LogP contribution is -2.14. The number of benzene rings is 2. The van der Waals surface area contributed by atoms with E-state index in [2.05, 4.69) is 10.3 Å². The number of thiazole rings is 1. The molecule has 0 unspecified atom stereocenters. The van der Waals surface area contributed by atoms with Crippen LogP contribution >= 0.6 is 11.3 Å². The Morgan fingerprint density at radius 1 is 1.11 bits per heavy atom. The molecule has 3 aromatic rings. The van der Waals surface area contributed by atoms with E-state index in [9.17, 15) is 9.59 Å². The number of carbonyl (C=O) groups excluding carboxylic acids is 2. The van der Waals surface area contributed by atoms with Gasteiger partial charge in [-0.2, -0.15) is 0 Å². The average molecular weight is 396 g/mol. The highest BCUT2D eigenvalue weighted by Crippen LogP contribution is 2.20. The molecule has 0 radical (unpaired) electrons. The van der Waals surface area contributed by atoms with Crippen LogP contribution in [0.4, 0.5) is 5.69 Å². The number of nitrogens with zero attached hydrogens (tertiary/aromatic N) is 1. The summed E-state index contributed by atoms with van der Waals surface area (Å²) in [5, 5.41) is 5.18. The van der Waals surface area contributed by atoms with Crippen molar-refractivity contribution in [1.29, 1.82) is 0 Å². The summed E-state index contributed by atoms with van der Waals surface area (Å²) in [6.45, 7) is 4.15. The van der Waals surface area contributed by atoms with Crippen LogP contribution < -0.4 is 10.1 Å². The Bertz CT molecular complexity index is 996.